The third kappa shape index (κ3) is 2.98. The van der Waals surface area contributed by atoms with E-state index in [1.54, 1.807) is 6.92 Å². The lowest BCUT2D eigenvalue weighted by Gasteiger charge is -2.10. The molecule has 0 atom stereocenters. The number of hydrogen-bond donors (Lipinski definition) is 0. The normalized spacial score (nSPS) is 12.0. The summed E-state index contributed by atoms with van der Waals surface area (Å²) in [5, 5.41) is 17.5. The monoisotopic (exact) mass is 425 g/mol. The summed E-state index contributed by atoms with van der Waals surface area (Å²) < 4.78 is 52.0. The van der Waals surface area contributed by atoms with Crippen molar-refractivity contribution < 1.29 is 22.4 Å². The lowest BCUT2D eigenvalue weighted by molar-refractivity contribution is -0.137. The minimum absolute atomic E-state index is 0.146. The molecule has 0 fully saturated rings. The van der Waals surface area contributed by atoms with E-state index in [1.807, 2.05) is 30.3 Å². The van der Waals surface area contributed by atoms with Crippen molar-refractivity contribution in [1.29, 1.82) is 0 Å². The molecule has 3 heterocycles. The van der Waals surface area contributed by atoms with E-state index in [2.05, 4.69) is 20.5 Å². The van der Waals surface area contributed by atoms with E-state index in [-0.39, 0.29) is 22.7 Å². The van der Waals surface area contributed by atoms with Crippen LogP contribution in [-0.2, 0) is 6.18 Å². The van der Waals surface area contributed by atoms with Crippen LogP contribution in [0.25, 0.3) is 39.1 Å². The van der Waals surface area contributed by atoms with Gasteiger partial charge < -0.3 is 9.26 Å². The molecule has 31 heavy (non-hydrogen) atoms. The molecule has 156 valence electrons. The molecule has 5 aromatic rings. The van der Waals surface area contributed by atoms with Crippen LogP contribution >= 0.6 is 0 Å². The second kappa shape index (κ2) is 6.79. The summed E-state index contributed by atoms with van der Waals surface area (Å²) in [4.78, 5) is 0. The van der Waals surface area contributed by atoms with Crippen LogP contribution in [0.1, 0.15) is 11.3 Å². The van der Waals surface area contributed by atoms with Crippen LogP contribution in [0, 0.1) is 6.92 Å². The van der Waals surface area contributed by atoms with Crippen LogP contribution in [0.2, 0.25) is 0 Å². The van der Waals surface area contributed by atoms with E-state index in [1.165, 1.54) is 17.7 Å². The first-order chi connectivity index (χ1) is 14.9. The molecule has 0 aliphatic heterocycles. The lowest BCUT2D eigenvalue weighted by Crippen LogP contribution is -2.06. The number of rotatable bonds is 3. The Kier molecular flexibility index (Phi) is 4.17. The van der Waals surface area contributed by atoms with Crippen LogP contribution in [0.4, 0.5) is 13.2 Å². The molecule has 5 rings (SSSR count). The SMILES string of the molecule is COc1nn2c(-c3c(-c4ccccc4)noc3C)nnc2c2cc(C(F)(F)F)ccc12. The molecule has 0 radical (unpaired) electrons. The van der Waals surface area contributed by atoms with Crippen molar-refractivity contribution in [3.63, 3.8) is 0 Å². The van der Waals surface area contributed by atoms with E-state index in [0.717, 1.165) is 17.7 Å². The Morgan fingerprint density at radius 1 is 1.00 bits per heavy atom. The summed E-state index contributed by atoms with van der Waals surface area (Å²) in [6.45, 7) is 1.72. The molecule has 0 saturated carbocycles. The standard InChI is InChI=1S/C21H14F3N5O2/c1-11-16(17(28-31-11)12-6-4-3-5-7-12)19-26-25-18-15-10-13(21(22,23)24)8-9-14(15)20(30-2)27-29(18)19/h3-10H,1-2H3. The molecule has 0 aliphatic carbocycles. The Labute approximate surface area is 173 Å². The van der Waals surface area contributed by atoms with Gasteiger partial charge in [0.25, 0.3) is 0 Å². The van der Waals surface area contributed by atoms with Crippen molar-refractivity contribution in [2.75, 3.05) is 7.11 Å². The summed E-state index contributed by atoms with van der Waals surface area (Å²) in [6, 6.07) is 12.6. The summed E-state index contributed by atoms with van der Waals surface area (Å²) in [7, 11) is 1.40. The van der Waals surface area contributed by atoms with Crippen LogP contribution in [0.3, 0.4) is 0 Å². The van der Waals surface area contributed by atoms with Gasteiger partial charge in [-0.05, 0) is 25.1 Å². The Morgan fingerprint density at radius 2 is 1.77 bits per heavy atom. The second-order valence-corrected chi connectivity index (χ2v) is 6.85. The van der Waals surface area contributed by atoms with E-state index in [0.29, 0.717) is 22.4 Å². The Balaban J connectivity index is 1.82. The molecule has 0 N–H and O–H groups in total. The average molecular weight is 425 g/mol. The number of hydrogen-bond acceptors (Lipinski definition) is 6. The van der Waals surface area contributed by atoms with Gasteiger partial charge in [0.2, 0.25) is 5.88 Å². The van der Waals surface area contributed by atoms with Crippen molar-refractivity contribution in [1.82, 2.24) is 25.0 Å². The molecule has 0 bridgehead atoms. The fourth-order valence-electron chi connectivity index (χ4n) is 3.51. The van der Waals surface area contributed by atoms with Crippen molar-refractivity contribution in [2.45, 2.75) is 13.1 Å². The van der Waals surface area contributed by atoms with Gasteiger partial charge in [-0.15, -0.1) is 15.3 Å². The molecule has 0 amide bonds. The number of halogens is 3. The molecule has 10 heteroatoms. The predicted molar refractivity (Wildman–Crippen MR) is 106 cm³/mol. The van der Waals surface area contributed by atoms with Crippen molar-refractivity contribution in [3.8, 4) is 28.5 Å². The van der Waals surface area contributed by atoms with Gasteiger partial charge in [-0.1, -0.05) is 35.5 Å². The van der Waals surface area contributed by atoms with Crippen LogP contribution in [-0.4, -0.2) is 32.1 Å². The molecule has 0 unspecified atom stereocenters. The first kappa shape index (κ1) is 19.0. The molecular formula is C21H14F3N5O2. The van der Waals surface area contributed by atoms with E-state index in [9.17, 15) is 13.2 Å². The minimum atomic E-state index is -4.50. The lowest BCUT2D eigenvalue weighted by atomic mass is 10.1. The average Bonchev–Trinajstić information content (AvgIpc) is 3.35. The van der Waals surface area contributed by atoms with E-state index >= 15 is 0 Å². The van der Waals surface area contributed by atoms with Gasteiger partial charge in [0.1, 0.15) is 11.5 Å². The number of fused-ring (bicyclic) bond motifs is 3. The minimum Gasteiger partial charge on any atom is -0.480 e. The number of nitrogens with zero attached hydrogens (tertiary/aromatic N) is 5. The molecule has 7 nitrogen and oxygen atoms in total. The number of ether oxygens (including phenoxy) is 1. The van der Waals surface area contributed by atoms with Crippen LogP contribution < -0.4 is 4.74 Å². The van der Waals surface area contributed by atoms with Gasteiger partial charge in [0, 0.05) is 16.3 Å². The summed E-state index contributed by atoms with van der Waals surface area (Å²) in [5.41, 5.74) is 1.22. The third-order valence-electron chi connectivity index (χ3n) is 4.98. The van der Waals surface area contributed by atoms with Crippen LogP contribution in [0.15, 0.2) is 53.1 Å². The van der Waals surface area contributed by atoms with Crippen molar-refractivity contribution in [2.24, 2.45) is 0 Å². The number of aromatic nitrogens is 5. The highest BCUT2D eigenvalue weighted by atomic mass is 19.4. The van der Waals surface area contributed by atoms with Gasteiger partial charge in [-0.25, -0.2) is 0 Å². The zero-order valence-electron chi connectivity index (χ0n) is 16.3. The number of aryl methyl sites for hydroxylation is 1. The zero-order chi connectivity index (χ0) is 21.8. The second-order valence-electron chi connectivity index (χ2n) is 6.85. The highest BCUT2D eigenvalue weighted by molar-refractivity contribution is 5.98. The fraction of sp³-hybridized carbons (Fsp3) is 0.143. The number of alkyl halides is 3. The van der Waals surface area contributed by atoms with Gasteiger partial charge in [0.15, 0.2) is 11.5 Å². The maximum atomic E-state index is 13.3. The number of methoxy groups -OCH3 is 1. The van der Waals surface area contributed by atoms with Gasteiger partial charge in [0.05, 0.1) is 18.2 Å². The van der Waals surface area contributed by atoms with E-state index in [4.69, 9.17) is 9.26 Å². The fourth-order valence-corrected chi connectivity index (χ4v) is 3.51. The topological polar surface area (TPSA) is 78.3 Å². The summed E-state index contributed by atoms with van der Waals surface area (Å²) in [5.74, 6) is 0.899. The van der Waals surface area contributed by atoms with Gasteiger partial charge in [-0.3, -0.25) is 0 Å². The number of benzene rings is 2. The highest BCUT2D eigenvalue weighted by Gasteiger charge is 2.31. The Morgan fingerprint density at radius 3 is 2.48 bits per heavy atom. The molecule has 0 saturated heterocycles. The largest absolute Gasteiger partial charge is 0.480 e. The first-order valence-electron chi connectivity index (χ1n) is 9.21. The van der Waals surface area contributed by atoms with Crippen molar-refractivity contribution in [3.05, 3.63) is 59.9 Å². The quantitative estimate of drug-likeness (QED) is 0.408. The predicted octanol–water partition coefficient (Wildman–Crippen LogP) is 4.94. The Bertz CT molecular complexity index is 1420. The maximum Gasteiger partial charge on any atom is 0.416 e. The van der Waals surface area contributed by atoms with E-state index < -0.39 is 11.7 Å². The maximum absolute atomic E-state index is 13.3. The van der Waals surface area contributed by atoms with Gasteiger partial charge in [-0.2, -0.15) is 17.7 Å². The summed E-state index contributed by atoms with van der Waals surface area (Å²) >= 11 is 0. The van der Waals surface area contributed by atoms with Crippen molar-refractivity contribution >= 4 is 16.4 Å². The Hall–Kier alpha value is -3.95. The van der Waals surface area contributed by atoms with Crippen LogP contribution in [0.5, 0.6) is 5.88 Å². The first-order valence-corrected chi connectivity index (χ1v) is 9.21. The zero-order valence-corrected chi connectivity index (χ0v) is 16.3. The molecule has 0 spiro atoms. The summed E-state index contributed by atoms with van der Waals surface area (Å²) in [6.07, 6.45) is -4.50. The molecular weight excluding hydrogens is 411 g/mol. The smallest absolute Gasteiger partial charge is 0.416 e. The third-order valence-corrected chi connectivity index (χ3v) is 4.98. The highest BCUT2D eigenvalue weighted by Crippen LogP contribution is 2.37. The molecule has 2 aromatic carbocycles. The molecule has 3 aromatic heterocycles. The van der Waals surface area contributed by atoms with Gasteiger partial charge >= 0.3 is 6.18 Å². The molecule has 0 aliphatic rings.